The number of hydrogen-bond acceptors (Lipinski definition) is 3. The zero-order chi connectivity index (χ0) is 13.8. The normalized spacial score (nSPS) is 16.1. The molecule has 2 rings (SSSR count). The van der Waals surface area contributed by atoms with Gasteiger partial charge in [0.05, 0.1) is 6.61 Å². The molecule has 0 heterocycles. The predicted molar refractivity (Wildman–Crippen MR) is 73.2 cm³/mol. The molecule has 104 valence electrons. The fraction of sp³-hybridized carbons (Fsp3) is 0.533. The molecule has 1 unspecified atom stereocenters. The lowest BCUT2D eigenvalue weighted by Gasteiger charge is -2.29. The van der Waals surface area contributed by atoms with Crippen molar-refractivity contribution in [3.8, 4) is 5.75 Å². The van der Waals surface area contributed by atoms with Gasteiger partial charge in [-0.3, -0.25) is 4.79 Å². The number of nitrogens with zero attached hydrogens (tertiary/aromatic N) is 1. The summed E-state index contributed by atoms with van der Waals surface area (Å²) in [6.45, 7) is 3.25. The standard InChI is InChI=1S/C15H21NO3/c1-11(12-3-4-12)16(9-10-19-2)15(18)13-5-7-14(17)8-6-13/h5-8,11-12,17H,3-4,9-10H2,1-2H3. The van der Waals surface area contributed by atoms with Gasteiger partial charge in [-0.25, -0.2) is 0 Å². The average molecular weight is 263 g/mol. The summed E-state index contributed by atoms with van der Waals surface area (Å²) in [6.07, 6.45) is 2.40. The first-order valence-corrected chi connectivity index (χ1v) is 6.72. The molecule has 1 amide bonds. The van der Waals surface area contributed by atoms with Crippen LogP contribution in [0.3, 0.4) is 0 Å². The highest BCUT2D eigenvalue weighted by atomic mass is 16.5. The molecule has 1 N–H and O–H groups in total. The van der Waals surface area contributed by atoms with Crippen LogP contribution in [0.2, 0.25) is 0 Å². The first kappa shape index (κ1) is 13.9. The molecule has 0 aliphatic heterocycles. The maximum absolute atomic E-state index is 12.5. The van der Waals surface area contributed by atoms with E-state index in [1.54, 1.807) is 31.4 Å². The molecule has 0 radical (unpaired) electrons. The minimum Gasteiger partial charge on any atom is -0.508 e. The van der Waals surface area contributed by atoms with Crippen molar-refractivity contribution >= 4 is 5.91 Å². The van der Waals surface area contributed by atoms with Gasteiger partial charge in [0, 0.05) is 25.3 Å². The van der Waals surface area contributed by atoms with Crippen LogP contribution in [0.4, 0.5) is 0 Å². The summed E-state index contributed by atoms with van der Waals surface area (Å²) >= 11 is 0. The number of carbonyl (C=O) groups excluding carboxylic acids is 1. The SMILES string of the molecule is COCCN(C(=O)c1ccc(O)cc1)C(C)C1CC1. The Morgan fingerprint density at radius 2 is 2.05 bits per heavy atom. The summed E-state index contributed by atoms with van der Waals surface area (Å²) in [5, 5.41) is 9.28. The summed E-state index contributed by atoms with van der Waals surface area (Å²) in [5.74, 6) is 0.810. The number of aromatic hydroxyl groups is 1. The van der Waals surface area contributed by atoms with E-state index in [0.717, 1.165) is 0 Å². The van der Waals surface area contributed by atoms with Crippen molar-refractivity contribution in [2.24, 2.45) is 5.92 Å². The number of phenolic OH excluding ortho intramolecular Hbond substituents is 1. The minimum atomic E-state index is 0.0106. The van der Waals surface area contributed by atoms with Gasteiger partial charge in [-0.2, -0.15) is 0 Å². The van der Waals surface area contributed by atoms with Crippen LogP contribution in [-0.2, 0) is 4.74 Å². The summed E-state index contributed by atoms with van der Waals surface area (Å²) in [7, 11) is 1.64. The number of methoxy groups -OCH3 is 1. The number of rotatable bonds is 6. The van der Waals surface area contributed by atoms with Gasteiger partial charge in [-0.1, -0.05) is 0 Å². The average Bonchev–Trinajstić information content (AvgIpc) is 3.23. The van der Waals surface area contributed by atoms with Gasteiger partial charge in [0.1, 0.15) is 5.75 Å². The van der Waals surface area contributed by atoms with E-state index in [9.17, 15) is 9.90 Å². The van der Waals surface area contributed by atoms with Crippen molar-refractivity contribution in [2.75, 3.05) is 20.3 Å². The third-order valence-corrected chi connectivity index (χ3v) is 3.71. The van der Waals surface area contributed by atoms with E-state index in [4.69, 9.17) is 4.74 Å². The Morgan fingerprint density at radius 1 is 1.42 bits per heavy atom. The largest absolute Gasteiger partial charge is 0.508 e. The van der Waals surface area contributed by atoms with E-state index in [1.165, 1.54) is 12.8 Å². The number of phenols is 1. The van der Waals surface area contributed by atoms with Crippen LogP contribution >= 0.6 is 0 Å². The van der Waals surface area contributed by atoms with Crippen molar-refractivity contribution in [3.63, 3.8) is 0 Å². The Morgan fingerprint density at radius 3 is 2.58 bits per heavy atom. The smallest absolute Gasteiger partial charge is 0.254 e. The van der Waals surface area contributed by atoms with Crippen LogP contribution < -0.4 is 0 Å². The molecule has 4 heteroatoms. The summed E-state index contributed by atoms with van der Waals surface area (Å²) in [6, 6.07) is 6.66. The fourth-order valence-electron chi connectivity index (χ4n) is 2.28. The van der Waals surface area contributed by atoms with Crippen LogP contribution in [0, 0.1) is 5.92 Å². The topological polar surface area (TPSA) is 49.8 Å². The van der Waals surface area contributed by atoms with E-state index in [1.807, 2.05) is 4.90 Å². The van der Waals surface area contributed by atoms with Gasteiger partial charge in [0.2, 0.25) is 0 Å². The molecule has 1 aliphatic rings. The number of ether oxygens (including phenoxy) is 1. The monoisotopic (exact) mass is 263 g/mol. The van der Waals surface area contributed by atoms with Crippen molar-refractivity contribution in [2.45, 2.75) is 25.8 Å². The molecule has 0 saturated heterocycles. The lowest BCUT2D eigenvalue weighted by Crippen LogP contribution is -2.41. The predicted octanol–water partition coefficient (Wildman–Crippen LogP) is 2.28. The van der Waals surface area contributed by atoms with Crippen LogP contribution in [0.5, 0.6) is 5.75 Å². The molecular formula is C15H21NO3. The summed E-state index contributed by atoms with van der Waals surface area (Å²) in [5.41, 5.74) is 0.612. The minimum absolute atomic E-state index is 0.0106. The van der Waals surface area contributed by atoms with E-state index >= 15 is 0 Å². The van der Waals surface area contributed by atoms with E-state index in [0.29, 0.717) is 24.6 Å². The highest BCUT2D eigenvalue weighted by Gasteiger charge is 2.34. The van der Waals surface area contributed by atoms with Crippen molar-refractivity contribution in [1.82, 2.24) is 4.90 Å². The van der Waals surface area contributed by atoms with Crippen LogP contribution in [0.25, 0.3) is 0 Å². The quantitative estimate of drug-likeness (QED) is 0.856. The van der Waals surface area contributed by atoms with E-state index < -0.39 is 0 Å². The summed E-state index contributed by atoms with van der Waals surface area (Å²) < 4.78 is 5.09. The highest BCUT2D eigenvalue weighted by molar-refractivity contribution is 5.94. The maximum atomic E-state index is 12.5. The zero-order valence-corrected chi connectivity index (χ0v) is 11.5. The van der Waals surface area contributed by atoms with Crippen molar-refractivity contribution in [1.29, 1.82) is 0 Å². The lowest BCUT2D eigenvalue weighted by atomic mass is 10.1. The Labute approximate surface area is 114 Å². The van der Waals surface area contributed by atoms with Gasteiger partial charge in [-0.05, 0) is 49.9 Å². The maximum Gasteiger partial charge on any atom is 0.254 e. The molecule has 0 aromatic heterocycles. The van der Waals surface area contributed by atoms with Crippen molar-refractivity contribution in [3.05, 3.63) is 29.8 Å². The Kier molecular flexibility index (Phi) is 4.43. The Hall–Kier alpha value is -1.55. The molecule has 1 aliphatic carbocycles. The number of hydrogen-bond donors (Lipinski definition) is 1. The molecule has 1 saturated carbocycles. The Bertz CT molecular complexity index is 426. The van der Waals surface area contributed by atoms with Crippen molar-refractivity contribution < 1.29 is 14.6 Å². The van der Waals surface area contributed by atoms with Crippen LogP contribution in [0.1, 0.15) is 30.1 Å². The summed E-state index contributed by atoms with van der Waals surface area (Å²) in [4.78, 5) is 14.4. The van der Waals surface area contributed by atoms with Gasteiger partial charge in [0.25, 0.3) is 5.91 Å². The molecule has 1 aromatic rings. The van der Waals surface area contributed by atoms with Gasteiger partial charge < -0.3 is 14.7 Å². The molecule has 1 atom stereocenters. The third-order valence-electron chi connectivity index (χ3n) is 3.71. The van der Waals surface area contributed by atoms with Crippen LogP contribution in [-0.4, -0.2) is 42.2 Å². The second-order valence-corrected chi connectivity index (χ2v) is 5.12. The number of carbonyl (C=O) groups is 1. The van der Waals surface area contributed by atoms with E-state index in [2.05, 4.69) is 6.92 Å². The van der Waals surface area contributed by atoms with Gasteiger partial charge >= 0.3 is 0 Å². The first-order chi connectivity index (χ1) is 9.13. The number of amides is 1. The van der Waals surface area contributed by atoms with Gasteiger partial charge in [-0.15, -0.1) is 0 Å². The lowest BCUT2D eigenvalue weighted by molar-refractivity contribution is 0.0594. The molecule has 1 fully saturated rings. The first-order valence-electron chi connectivity index (χ1n) is 6.72. The molecule has 4 nitrogen and oxygen atoms in total. The van der Waals surface area contributed by atoms with Gasteiger partial charge in [0.15, 0.2) is 0 Å². The molecule has 19 heavy (non-hydrogen) atoms. The Balaban J connectivity index is 2.11. The molecule has 1 aromatic carbocycles. The zero-order valence-electron chi connectivity index (χ0n) is 11.5. The van der Waals surface area contributed by atoms with E-state index in [-0.39, 0.29) is 17.7 Å². The second-order valence-electron chi connectivity index (χ2n) is 5.12. The number of benzene rings is 1. The molecular weight excluding hydrogens is 242 g/mol. The fourth-order valence-corrected chi connectivity index (χ4v) is 2.28. The third kappa shape index (κ3) is 3.47. The van der Waals surface area contributed by atoms with Crippen LogP contribution in [0.15, 0.2) is 24.3 Å². The molecule has 0 bridgehead atoms. The highest BCUT2D eigenvalue weighted by Crippen LogP contribution is 2.35. The second kappa shape index (κ2) is 6.06. The molecule has 0 spiro atoms.